The molecule has 186 valence electrons. The minimum absolute atomic E-state index is 0.262. The van der Waals surface area contributed by atoms with Crippen molar-refractivity contribution in [3.05, 3.63) is 59.0 Å². The molecule has 0 aliphatic carbocycles. The van der Waals surface area contributed by atoms with Gasteiger partial charge in [0.1, 0.15) is 28.0 Å². The van der Waals surface area contributed by atoms with E-state index in [1.165, 1.54) is 30.2 Å². The molecule has 3 aromatic rings. The van der Waals surface area contributed by atoms with Crippen LogP contribution >= 0.6 is 23.4 Å². The lowest BCUT2D eigenvalue weighted by molar-refractivity contribution is 0.0429. The van der Waals surface area contributed by atoms with Crippen LogP contribution < -0.4 is 26.2 Å². The van der Waals surface area contributed by atoms with Crippen molar-refractivity contribution in [2.45, 2.75) is 39.3 Å². The number of rotatable bonds is 4. The zero-order valence-electron chi connectivity index (χ0n) is 18.9. The third-order valence-electron chi connectivity index (χ3n) is 6.50. The zero-order valence-corrected chi connectivity index (χ0v) is 21.4. The number of halogens is 2. The van der Waals surface area contributed by atoms with Crippen LogP contribution in [0.1, 0.15) is 24.4 Å². The van der Waals surface area contributed by atoms with Gasteiger partial charge in [0.05, 0.1) is 17.3 Å². The van der Waals surface area contributed by atoms with Crippen LogP contribution in [0.25, 0.3) is 0 Å². The molecule has 0 bridgehead atoms. The summed E-state index contributed by atoms with van der Waals surface area (Å²) in [6.07, 6.45) is 4.44. The van der Waals surface area contributed by atoms with Gasteiger partial charge in [0.25, 0.3) is 0 Å². The maximum absolute atomic E-state index is 13.6. The molecule has 8 nitrogen and oxygen atoms in total. The molecule has 1 saturated heterocycles. The van der Waals surface area contributed by atoms with Crippen molar-refractivity contribution in [3.8, 4) is 5.75 Å². The number of nitrogens with two attached hydrogens (primary N) is 3. The van der Waals surface area contributed by atoms with Gasteiger partial charge in [0.2, 0.25) is 0 Å². The van der Waals surface area contributed by atoms with Crippen molar-refractivity contribution >= 4 is 45.1 Å². The van der Waals surface area contributed by atoms with Crippen LogP contribution in [0.4, 0.5) is 16.0 Å². The number of nitrogen functional groups attached to an aromatic ring is 1. The molecule has 2 aliphatic heterocycles. The lowest BCUT2D eigenvalue weighted by Crippen LogP contribution is -2.51. The van der Waals surface area contributed by atoms with E-state index in [1.807, 2.05) is 0 Å². The van der Waals surface area contributed by atoms with E-state index in [4.69, 9.17) is 32.9 Å². The molecular weight excluding hydrogens is 511 g/mol. The van der Waals surface area contributed by atoms with E-state index < -0.39 is 15.7 Å². The summed E-state index contributed by atoms with van der Waals surface area (Å²) in [6.45, 7) is 1.28. The molecule has 35 heavy (non-hydrogen) atoms. The predicted octanol–water partition coefficient (Wildman–Crippen LogP) is 3.31. The Bertz CT molecular complexity index is 1350. The first-order valence-electron chi connectivity index (χ1n) is 11.0. The van der Waals surface area contributed by atoms with Gasteiger partial charge in [-0.15, -0.1) is 0 Å². The van der Waals surface area contributed by atoms with E-state index in [1.54, 1.807) is 30.5 Å². The summed E-state index contributed by atoms with van der Waals surface area (Å²) in [6, 6.07) is 9.39. The summed E-state index contributed by atoms with van der Waals surface area (Å²) in [5.41, 5.74) is 13.0. The third-order valence-corrected chi connectivity index (χ3v) is 9.55. The highest BCUT2D eigenvalue weighted by molar-refractivity contribution is 8.01. The van der Waals surface area contributed by atoms with Crippen molar-refractivity contribution in [2.75, 3.05) is 30.0 Å². The zero-order chi connectivity index (χ0) is 25.0. The second kappa shape index (κ2) is 8.90. The number of benzene rings is 2. The minimum Gasteiger partial charge on any atom is -0.485 e. The summed E-state index contributed by atoms with van der Waals surface area (Å²) in [4.78, 5) is 12.2. The summed E-state index contributed by atoms with van der Waals surface area (Å²) < 4.78 is 32.1. The second-order valence-corrected chi connectivity index (χ2v) is 12.8. The van der Waals surface area contributed by atoms with Crippen molar-refractivity contribution in [2.24, 2.45) is 10.9 Å². The first kappa shape index (κ1) is 24.3. The molecule has 3 heterocycles. The normalized spacial score (nSPS) is 19.5. The van der Waals surface area contributed by atoms with Crippen LogP contribution in [0.2, 0.25) is 5.02 Å². The largest absolute Gasteiger partial charge is 0.485 e. The van der Waals surface area contributed by atoms with Gasteiger partial charge in [-0.1, -0.05) is 35.5 Å². The standard InChI is InChI=1S/C23H26ClFN6O2S2/c1-35(28,32)17-4-2-3-16(19(17)24)34-22-21(27)30-18(12-29-22)31-9-7-23(8-10-31)20(26)14-6-5-13(25)11-15(14)33-23/h2-6,11-12,20,35H,7-10,26H2,1H3,(H2,27,30)(H2,28,32)/t20-/m1/s1. The van der Waals surface area contributed by atoms with Crippen LogP contribution in [0.3, 0.4) is 0 Å². The lowest BCUT2D eigenvalue weighted by Gasteiger charge is -2.41. The van der Waals surface area contributed by atoms with E-state index in [0.29, 0.717) is 57.3 Å². The van der Waals surface area contributed by atoms with Crippen LogP contribution in [0.15, 0.2) is 57.4 Å². The molecule has 2 aromatic carbocycles. The number of aromatic nitrogens is 2. The van der Waals surface area contributed by atoms with Crippen LogP contribution in [0, 0.1) is 5.82 Å². The Kier molecular flexibility index (Phi) is 6.17. The molecule has 1 aromatic heterocycles. The van der Waals surface area contributed by atoms with Gasteiger partial charge in [-0.25, -0.2) is 14.4 Å². The number of ether oxygens (including phenoxy) is 1. The number of anilines is 2. The fourth-order valence-electron chi connectivity index (χ4n) is 4.59. The molecule has 2 aliphatic rings. The fraction of sp³-hybridized carbons (Fsp3) is 0.304. The summed E-state index contributed by atoms with van der Waals surface area (Å²) in [7, 11) is -3.02. The maximum Gasteiger partial charge on any atom is 0.158 e. The number of fused-ring (bicyclic) bond motifs is 1. The SMILES string of the molecule is C[SH](N)(=O)c1cccc(Sc2ncc(N3CCC4(CC3)Oc3cc(F)ccc3[C@H]4N)nc2N)c1Cl. The average Bonchev–Trinajstić information content (AvgIpc) is 3.06. The summed E-state index contributed by atoms with van der Waals surface area (Å²) >= 11 is 7.69. The van der Waals surface area contributed by atoms with Crippen molar-refractivity contribution in [3.63, 3.8) is 0 Å². The number of hydrogen-bond donors (Lipinski definition) is 4. The van der Waals surface area contributed by atoms with Crippen LogP contribution in [-0.2, 0) is 10.1 Å². The number of thiol groups is 1. The Labute approximate surface area is 212 Å². The minimum atomic E-state index is -3.02. The summed E-state index contributed by atoms with van der Waals surface area (Å²) in [5.74, 6) is 1.09. The topological polar surface area (TPSA) is 133 Å². The Morgan fingerprint density at radius 2 is 2.03 bits per heavy atom. The van der Waals surface area contributed by atoms with Gasteiger partial charge < -0.3 is 21.1 Å². The van der Waals surface area contributed by atoms with Gasteiger partial charge in [-0.3, -0.25) is 9.35 Å². The van der Waals surface area contributed by atoms with E-state index in [0.717, 1.165) is 5.56 Å². The van der Waals surface area contributed by atoms with E-state index in [9.17, 15) is 8.60 Å². The smallest absolute Gasteiger partial charge is 0.158 e. The Balaban J connectivity index is 1.30. The monoisotopic (exact) mass is 536 g/mol. The van der Waals surface area contributed by atoms with E-state index in [2.05, 4.69) is 14.9 Å². The number of piperidine rings is 1. The number of nitrogens with zero attached hydrogens (tertiary/aromatic N) is 3. The first-order valence-corrected chi connectivity index (χ1v) is 14.4. The van der Waals surface area contributed by atoms with Crippen molar-refractivity contribution in [1.82, 2.24) is 9.97 Å². The van der Waals surface area contributed by atoms with E-state index >= 15 is 0 Å². The van der Waals surface area contributed by atoms with Crippen molar-refractivity contribution in [1.29, 1.82) is 0 Å². The first-order chi connectivity index (χ1) is 16.6. The molecule has 6 N–H and O–H groups in total. The predicted molar refractivity (Wildman–Crippen MR) is 138 cm³/mol. The second-order valence-electron chi connectivity index (χ2n) is 8.91. The highest BCUT2D eigenvalue weighted by Gasteiger charge is 2.48. The Morgan fingerprint density at radius 3 is 2.71 bits per heavy atom. The molecule has 0 radical (unpaired) electrons. The lowest BCUT2D eigenvalue weighted by atomic mass is 9.83. The van der Waals surface area contributed by atoms with Gasteiger partial charge >= 0.3 is 0 Å². The fourth-order valence-corrected chi connectivity index (χ4v) is 7.11. The van der Waals surface area contributed by atoms with Crippen molar-refractivity contribution < 1.29 is 13.3 Å². The molecule has 0 unspecified atom stereocenters. The molecule has 0 amide bonds. The molecule has 5 rings (SSSR count). The number of hydrogen-bond acceptors (Lipinski definition) is 8. The molecular formula is C23H26ClFN6O2S2. The molecule has 12 heteroatoms. The Hall–Kier alpha value is -2.44. The highest BCUT2D eigenvalue weighted by atomic mass is 35.5. The van der Waals surface area contributed by atoms with Gasteiger partial charge in [-0.05, 0) is 28.3 Å². The quantitative estimate of drug-likeness (QED) is 0.373. The maximum atomic E-state index is 13.6. The van der Waals surface area contributed by atoms with Crippen LogP contribution in [0.5, 0.6) is 5.75 Å². The highest BCUT2D eigenvalue weighted by Crippen LogP contribution is 2.47. The molecule has 1 spiro atoms. The van der Waals surface area contributed by atoms with Gasteiger partial charge in [0.15, 0.2) is 5.82 Å². The van der Waals surface area contributed by atoms with Gasteiger partial charge in [-0.2, -0.15) is 0 Å². The van der Waals surface area contributed by atoms with Gasteiger partial charge in [0, 0.05) is 53.6 Å². The molecule has 1 atom stereocenters. The Morgan fingerprint density at radius 1 is 1.29 bits per heavy atom. The summed E-state index contributed by atoms with van der Waals surface area (Å²) in [5, 5.41) is 6.62. The molecule has 1 fully saturated rings. The average molecular weight is 537 g/mol. The molecule has 0 saturated carbocycles. The van der Waals surface area contributed by atoms with E-state index in [-0.39, 0.29) is 17.7 Å². The van der Waals surface area contributed by atoms with Crippen LogP contribution in [-0.4, -0.2) is 39.1 Å². The third kappa shape index (κ3) is 4.47.